The molecule has 1 heterocycles. The summed E-state index contributed by atoms with van der Waals surface area (Å²) in [6.45, 7) is 8.18. The third-order valence-corrected chi connectivity index (χ3v) is 6.20. The Morgan fingerprint density at radius 2 is 1.93 bits per heavy atom. The van der Waals surface area contributed by atoms with Crippen LogP contribution < -0.4 is 14.8 Å². The Morgan fingerprint density at radius 3 is 2.70 bits per heavy atom. The van der Waals surface area contributed by atoms with Gasteiger partial charge in [-0.05, 0) is 87.8 Å². The van der Waals surface area contributed by atoms with Gasteiger partial charge in [-0.3, -0.25) is 4.79 Å². The van der Waals surface area contributed by atoms with E-state index >= 15 is 0 Å². The van der Waals surface area contributed by atoms with Crippen molar-refractivity contribution in [1.29, 1.82) is 0 Å². The number of hydrogen-bond donors (Lipinski definition) is 1. The molecule has 0 bridgehead atoms. The van der Waals surface area contributed by atoms with Crippen molar-refractivity contribution in [3.8, 4) is 11.5 Å². The van der Waals surface area contributed by atoms with Gasteiger partial charge in [-0.1, -0.05) is 25.1 Å². The summed E-state index contributed by atoms with van der Waals surface area (Å²) < 4.78 is 12.3. The predicted octanol–water partition coefficient (Wildman–Crippen LogP) is 5.45. The quantitative estimate of drug-likeness (QED) is 0.717. The van der Waals surface area contributed by atoms with Crippen LogP contribution in [0.4, 0.5) is 0 Å². The molecule has 0 radical (unpaired) electrons. The van der Waals surface area contributed by atoms with Crippen LogP contribution in [0.25, 0.3) is 0 Å². The van der Waals surface area contributed by atoms with Crippen LogP contribution in [0.1, 0.15) is 74.8 Å². The molecule has 0 spiro atoms. The number of amides is 1. The van der Waals surface area contributed by atoms with Crippen LogP contribution in [-0.4, -0.2) is 17.6 Å². The molecule has 1 N–H and O–H groups in total. The Morgan fingerprint density at radius 1 is 1.17 bits per heavy atom. The first-order valence-corrected chi connectivity index (χ1v) is 11.2. The average Bonchev–Trinajstić information content (AvgIpc) is 2.70. The van der Waals surface area contributed by atoms with E-state index in [0.29, 0.717) is 6.42 Å². The standard InChI is InChI=1S/C26H33NO3/c1-5-23(29-20-12-11-18-8-6-7-9-19(18)15-20)25(28)27-22-16-26(3,4)30-24-14-17(2)10-13-21(22)24/h10-15,22-23H,5-9,16H2,1-4H3,(H,27,28). The molecule has 0 saturated heterocycles. The highest BCUT2D eigenvalue weighted by Crippen LogP contribution is 2.40. The van der Waals surface area contributed by atoms with Gasteiger partial charge in [-0.2, -0.15) is 0 Å². The van der Waals surface area contributed by atoms with Gasteiger partial charge >= 0.3 is 0 Å². The van der Waals surface area contributed by atoms with Gasteiger partial charge in [0.15, 0.2) is 6.10 Å². The van der Waals surface area contributed by atoms with E-state index in [4.69, 9.17) is 9.47 Å². The van der Waals surface area contributed by atoms with E-state index < -0.39 is 6.10 Å². The van der Waals surface area contributed by atoms with Crippen LogP contribution in [0.2, 0.25) is 0 Å². The Kier molecular flexibility index (Phi) is 5.77. The van der Waals surface area contributed by atoms with Crippen molar-refractivity contribution in [2.75, 3.05) is 0 Å². The van der Waals surface area contributed by atoms with Gasteiger partial charge in [-0.25, -0.2) is 0 Å². The second-order valence-corrected chi connectivity index (χ2v) is 9.32. The second kappa shape index (κ2) is 8.33. The Bertz CT molecular complexity index is 934. The molecular weight excluding hydrogens is 374 g/mol. The molecule has 2 unspecified atom stereocenters. The molecule has 4 nitrogen and oxygen atoms in total. The molecule has 2 aromatic rings. The highest BCUT2D eigenvalue weighted by atomic mass is 16.5. The third kappa shape index (κ3) is 4.48. The average molecular weight is 408 g/mol. The summed E-state index contributed by atoms with van der Waals surface area (Å²) in [6, 6.07) is 12.4. The van der Waals surface area contributed by atoms with E-state index in [1.54, 1.807) is 0 Å². The summed E-state index contributed by atoms with van der Waals surface area (Å²) in [6.07, 6.45) is 5.57. The Hall–Kier alpha value is -2.49. The lowest BCUT2D eigenvalue weighted by atomic mass is 9.89. The van der Waals surface area contributed by atoms with E-state index in [1.807, 2.05) is 13.0 Å². The highest BCUT2D eigenvalue weighted by Gasteiger charge is 2.35. The molecule has 2 aromatic carbocycles. The van der Waals surface area contributed by atoms with Crippen molar-refractivity contribution < 1.29 is 14.3 Å². The summed E-state index contributed by atoms with van der Waals surface area (Å²) >= 11 is 0. The van der Waals surface area contributed by atoms with Crippen molar-refractivity contribution in [3.63, 3.8) is 0 Å². The zero-order valence-corrected chi connectivity index (χ0v) is 18.6. The first-order valence-electron chi connectivity index (χ1n) is 11.2. The molecule has 4 heteroatoms. The molecule has 1 aliphatic carbocycles. The summed E-state index contributed by atoms with van der Waals surface area (Å²) in [5, 5.41) is 3.24. The van der Waals surface area contributed by atoms with Gasteiger partial charge in [0.1, 0.15) is 17.1 Å². The molecule has 4 rings (SSSR count). The minimum absolute atomic E-state index is 0.0653. The molecule has 0 fully saturated rings. The van der Waals surface area contributed by atoms with Gasteiger partial charge < -0.3 is 14.8 Å². The van der Waals surface area contributed by atoms with Crippen LogP contribution in [0.15, 0.2) is 36.4 Å². The lowest BCUT2D eigenvalue weighted by Gasteiger charge is -2.38. The molecule has 0 saturated carbocycles. The van der Waals surface area contributed by atoms with Crippen molar-refractivity contribution in [3.05, 3.63) is 58.7 Å². The minimum Gasteiger partial charge on any atom is -0.487 e. The Balaban J connectivity index is 1.49. The maximum absolute atomic E-state index is 13.1. The fourth-order valence-electron chi connectivity index (χ4n) is 4.62. The highest BCUT2D eigenvalue weighted by molar-refractivity contribution is 5.81. The number of nitrogens with one attached hydrogen (secondary N) is 1. The number of fused-ring (bicyclic) bond motifs is 2. The van der Waals surface area contributed by atoms with Crippen LogP contribution in [0.3, 0.4) is 0 Å². The van der Waals surface area contributed by atoms with Crippen LogP contribution >= 0.6 is 0 Å². The van der Waals surface area contributed by atoms with E-state index in [9.17, 15) is 4.79 Å². The normalized spacial score (nSPS) is 20.3. The second-order valence-electron chi connectivity index (χ2n) is 9.32. The monoisotopic (exact) mass is 407 g/mol. The summed E-state index contributed by atoms with van der Waals surface area (Å²) in [5.41, 5.74) is 4.64. The van der Waals surface area contributed by atoms with Crippen molar-refractivity contribution in [2.45, 2.75) is 84.0 Å². The van der Waals surface area contributed by atoms with Crippen molar-refractivity contribution in [1.82, 2.24) is 5.32 Å². The van der Waals surface area contributed by atoms with E-state index in [2.05, 4.69) is 56.4 Å². The number of hydrogen-bond acceptors (Lipinski definition) is 3. The zero-order chi connectivity index (χ0) is 21.3. The van der Waals surface area contributed by atoms with Gasteiger partial charge in [0, 0.05) is 12.0 Å². The summed E-state index contributed by atoms with van der Waals surface area (Å²) in [5.74, 6) is 1.59. The zero-order valence-electron chi connectivity index (χ0n) is 18.6. The number of aryl methyl sites for hydroxylation is 3. The van der Waals surface area contributed by atoms with Gasteiger partial charge in [0.2, 0.25) is 0 Å². The number of rotatable bonds is 5. The smallest absolute Gasteiger partial charge is 0.261 e. The van der Waals surface area contributed by atoms with Crippen LogP contribution in [-0.2, 0) is 17.6 Å². The van der Waals surface area contributed by atoms with Gasteiger partial charge in [-0.15, -0.1) is 0 Å². The van der Waals surface area contributed by atoms with Crippen LogP contribution in [0.5, 0.6) is 11.5 Å². The van der Waals surface area contributed by atoms with Gasteiger partial charge in [0.05, 0.1) is 6.04 Å². The number of carbonyl (C=O) groups is 1. The van der Waals surface area contributed by atoms with E-state index in [0.717, 1.165) is 41.9 Å². The maximum atomic E-state index is 13.1. The molecule has 2 aliphatic rings. The minimum atomic E-state index is -0.508. The molecule has 2 atom stereocenters. The third-order valence-electron chi connectivity index (χ3n) is 6.20. The number of ether oxygens (including phenoxy) is 2. The molecule has 1 aliphatic heterocycles. The topological polar surface area (TPSA) is 47.6 Å². The lowest BCUT2D eigenvalue weighted by molar-refractivity contribution is -0.129. The lowest BCUT2D eigenvalue weighted by Crippen LogP contribution is -2.45. The largest absolute Gasteiger partial charge is 0.487 e. The summed E-state index contributed by atoms with van der Waals surface area (Å²) in [4.78, 5) is 13.1. The predicted molar refractivity (Wildman–Crippen MR) is 119 cm³/mol. The maximum Gasteiger partial charge on any atom is 0.261 e. The molecule has 160 valence electrons. The molecular formula is C26H33NO3. The fraction of sp³-hybridized carbons (Fsp3) is 0.500. The van der Waals surface area contributed by atoms with Crippen LogP contribution in [0, 0.1) is 6.92 Å². The SMILES string of the molecule is CCC(Oc1ccc2c(c1)CCCC2)C(=O)NC1CC(C)(C)Oc2cc(C)ccc21. The van der Waals surface area contributed by atoms with Crippen molar-refractivity contribution in [2.24, 2.45) is 0 Å². The fourth-order valence-corrected chi connectivity index (χ4v) is 4.62. The Labute approximate surface area is 180 Å². The first kappa shape index (κ1) is 20.8. The molecule has 30 heavy (non-hydrogen) atoms. The first-order chi connectivity index (χ1) is 14.3. The number of benzene rings is 2. The molecule has 1 amide bonds. The van der Waals surface area contributed by atoms with E-state index in [1.165, 1.54) is 24.0 Å². The van der Waals surface area contributed by atoms with Gasteiger partial charge in [0.25, 0.3) is 5.91 Å². The summed E-state index contributed by atoms with van der Waals surface area (Å²) in [7, 11) is 0. The molecule has 0 aromatic heterocycles. The van der Waals surface area contributed by atoms with E-state index in [-0.39, 0.29) is 17.6 Å². The van der Waals surface area contributed by atoms with Crippen molar-refractivity contribution >= 4 is 5.91 Å². The number of carbonyl (C=O) groups excluding carboxylic acids is 1.